The van der Waals surface area contributed by atoms with Crippen LogP contribution >= 0.6 is 0 Å². The van der Waals surface area contributed by atoms with Crippen molar-refractivity contribution in [3.05, 3.63) is 29.6 Å². The quantitative estimate of drug-likeness (QED) is 0.857. The highest BCUT2D eigenvalue weighted by Gasteiger charge is 2.32. The number of rotatable bonds is 4. The van der Waals surface area contributed by atoms with Crippen LogP contribution in [-0.2, 0) is 0 Å². The van der Waals surface area contributed by atoms with Gasteiger partial charge in [0.15, 0.2) is 0 Å². The second kappa shape index (κ2) is 7.09. The fraction of sp³-hybridized carbons (Fsp3) is 0.588. The van der Waals surface area contributed by atoms with Crippen molar-refractivity contribution in [3.63, 3.8) is 0 Å². The van der Waals surface area contributed by atoms with Crippen LogP contribution in [-0.4, -0.2) is 54.5 Å². The Morgan fingerprint density at radius 3 is 2.73 bits per heavy atom. The third kappa shape index (κ3) is 3.24. The standard InChI is InChI=1S/C17H25FN2O2/c1-5-13-11-19(9-10-20(13)12(2)3)17(21)16-14(18)7-6-8-15(16)22-4/h6-8,12-13H,5,9-11H2,1-4H3/t13-/m1/s1. The molecule has 0 saturated carbocycles. The fourth-order valence-corrected chi connectivity index (χ4v) is 3.14. The van der Waals surface area contributed by atoms with Crippen LogP contribution in [0.4, 0.5) is 4.39 Å². The van der Waals surface area contributed by atoms with Gasteiger partial charge in [-0.15, -0.1) is 0 Å². The van der Waals surface area contributed by atoms with Crippen molar-refractivity contribution in [1.29, 1.82) is 0 Å². The molecule has 1 fully saturated rings. The fourth-order valence-electron chi connectivity index (χ4n) is 3.14. The summed E-state index contributed by atoms with van der Waals surface area (Å²) < 4.78 is 19.2. The maximum Gasteiger partial charge on any atom is 0.260 e. The van der Waals surface area contributed by atoms with Crippen LogP contribution in [0.3, 0.4) is 0 Å². The van der Waals surface area contributed by atoms with Gasteiger partial charge in [-0.2, -0.15) is 0 Å². The molecule has 5 heteroatoms. The second-order valence-electron chi connectivity index (χ2n) is 5.96. The average Bonchev–Trinajstić information content (AvgIpc) is 2.53. The molecular formula is C17H25FN2O2. The van der Waals surface area contributed by atoms with E-state index in [9.17, 15) is 9.18 Å². The maximum absolute atomic E-state index is 14.1. The number of nitrogens with zero attached hydrogens (tertiary/aromatic N) is 2. The summed E-state index contributed by atoms with van der Waals surface area (Å²) in [5.41, 5.74) is 0.0397. The lowest BCUT2D eigenvalue weighted by Crippen LogP contribution is -2.56. The lowest BCUT2D eigenvalue weighted by atomic mass is 10.1. The van der Waals surface area contributed by atoms with Crippen molar-refractivity contribution in [2.24, 2.45) is 0 Å². The van der Waals surface area contributed by atoms with Gasteiger partial charge in [0.25, 0.3) is 5.91 Å². The van der Waals surface area contributed by atoms with E-state index >= 15 is 0 Å². The molecule has 0 bridgehead atoms. The number of hydrogen-bond acceptors (Lipinski definition) is 3. The highest BCUT2D eigenvalue weighted by molar-refractivity contribution is 5.97. The molecule has 1 aliphatic heterocycles. The molecule has 4 nitrogen and oxygen atoms in total. The van der Waals surface area contributed by atoms with Crippen LogP contribution in [0.2, 0.25) is 0 Å². The van der Waals surface area contributed by atoms with E-state index in [4.69, 9.17) is 4.74 Å². The first-order valence-corrected chi connectivity index (χ1v) is 7.87. The van der Waals surface area contributed by atoms with E-state index in [-0.39, 0.29) is 11.5 Å². The van der Waals surface area contributed by atoms with E-state index in [1.54, 1.807) is 17.0 Å². The molecule has 122 valence electrons. The Labute approximate surface area is 131 Å². The lowest BCUT2D eigenvalue weighted by molar-refractivity contribution is 0.0366. The van der Waals surface area contributed by atoms with Crippen LogP contribution in [0.1, 0.15) is 37.6 Å². The maximum atomic E-state index is 14.1. The summed E-state index contributed by atoms with van der Waals surface area (Å²) in [4.78, 5) is 16.9. The van der Waals surface area contributed by atoms with Crippen molar-refractivity contribution in [2.45, 2.75) is 39.3 Å². The van der Waals surface area contributed by atoms with Gasteiger partial charge in [-0.1, -0.05) is 13.0 Å². The molecule has 1 aromatic carbocycles. The van der Waals surface area contributed by atoms with E-state index in [0.29, 0.717) is 30.9 Å². The van der Waals surface area contributed by atoms with Crippen molar-refractivity contribution in [1.82, 2.24) is 9.80 Å². The first kappa shape index (κ1) is 16.7. The Morgan fingerprint density at radius 1 is 1.41 bits per heavy atom. The van der Waals surface area contributed by atoms with E-state index < -0.39 is 5.82 Å². The first-order valence-electron chi connectivity index (χ1n) is 7.87. The minimum Gasteiger partial charge on any atom is -0.496 e. The number of carbonyl (C=O) groups is 1. The Bertz CT molecular complexity index is 533. The SMILES string of the molecule is CC[C@@H]1CN(C(=O)c2c(F)cccc2OC)CCN1C(C)C. The molecule has 1 aromatic rings. The number of piperazine rings is 1. The van der Waals surface area contributed by atoms with Crippen LogP contribution in [0, 0.1) is 5.82 Å². The number of halogens is 1. The van der Waals surface area contributed by atoms with Gasteiger partial charge in [-0.25, -0.2) is 4.39 Å². The number of methoxy groups -OCH3 is 1. The summed E-state index contributed by atoms with van der Waals surface area (Å²) in [6.45, 7) is 8.52. The van der Waals surface area contributed by atoms with Gasteiger partial charge in [0.1, 0.15) is 17.1 Å². The van der Waals surface area contributed by atoms with Gasteiger partial charge in [-0.05, 0) is 32.4 Å². The highest BCUT2D eigenvalue weighted by atomic mass is 19.1. The second-order valence-corrected chi connectivity index (χ2v) is 5.96. The van der Waals surface area contributed by atoms with Crippen LogP contribution in [0.15, 0.2) is 18.2 Å². The van der Waals surface area contributed by atoms with Gasteiger partial charge in [0, 0.05) is 31.7 Å². The number of carbonyl (C=O) groups excluding carboxylic acids is 1. The third-order valence-electron chi connectivity index (χ3n) is 4.36. The molecule has 0 unspecified atom stereocenters. The summed E-state index contributed by atoms with van der Waals surface area (Å²) in [7, 11) is 1.46. The summed E-state index contributed by atoms with van der Waals surface area (Å²) in [5.74, 6) is -0.509. The zero-order valence-corrected chi connectivity index (χ0v) is 13.8. The number of amides is 1. The van der Waals surface area contributed by atoms with E-state index in [2.05, 4.69) is 25.7 Å². The van der Waals surface area contributed by atoms with Gasteiger partial charge in [0.05, 0.1) is 7.11 Å². The topological polar surface area (TPSA) is 32.8 Å². The molecule has 22 heavy (non-hydrogen) atoms. The largest absolute Gasteiger partial charge is 0.496 e. The lowest BCUT2D eigenvalue weighted by Gasteiger charge is -2.43. The van der Waals surface area contributed by atoms with Gasteiger partial charge < -0.3 is 9.64 Å². The van der Waals surface area contributed by atoms with E-state index in [1.165, 1.54) is 13.2 Å². The summed E-state index contributed by atoms with van der Waals surface area (Å²) in [5, 5.41) is 0. The van der Waals surface area contributed by atoms with E-state index in [0.717, 1.165) is 13.0 Å². The molecule has 0 spiro atoms. The molecule has 1 heterocycles. The van der Waals surface area contributed by atoms with Crippen molar-refractivity contribution in [3.8, 4) is 5.75 Å². The Hall–Kier alpha value is -1.62. The Balaban J connectivity index is 2.21. The smallest absolute Gasteiger partial charge is 0.260 e. The molecule has 1 aliphatic rings. The Kier molecular flexibility index (Phi) is 5.40. The van der Waals surface area contributed by atoms with Gasteiger partial charge in [0.2, 0.25) is 0 Å². The average molecular weight is 308 g/mol. The zero-order chi connectivity index (χ0) is 16.3. The molecule has 0 radical (unpaired) electrons. The van der Waals surface area contributed by atoms with Crippen LogP contribution in [0.25, 0.3) is 0 Å². The zero-order valence-electron chi connectivity index (χ0n) is 13.8. The molecule has 0 aromatic heterocycles. The predicted molar refractivity (Wildman–Crippen MR) is 84.8 cm³/mol. The first-order chi connectivity index (χ1) is 10.5. The molecule has 1 amide bonds. The summed E-state index contributed by atoms with van der Waals surface area (Å²) in [6, 6.07) is 5.24. The van der Waals surface area contributed by atoms with Crippen molar-refractivity contribution < 1.29 is 13.9 Å². The summed E-state index contributed by atoms with van der Waals surface area (Å²) >= 11 is 0. The molecule has 1 saturated heterocycles. The van der Waals surface area contributed by atoms with Crippen LogP contribution in [0.5, 0.6) is 5.75 Å². The highest BCUT2D eigenvalue weighted by Crippen LogP contribution is 2.25. The molecule has 0 aliphatic carbocycles. The van der Waals surface area contributed by atoms with Crippen molar-refractivity contribution >= 4 is 5.91 Å². The number of ether oxygens (including phenoxy) is 1. The third-order valence-corrected chi connectivity index (χ3v) is 4.36. The molecular weight excluding hydrogens is 283 g/mol. The minimum absolute atomic E-state index is 0.0397. The summed E-state index contributed by atoms with van der Waals surface area (Å²) in [6.07, 6.45) is 0.969. The normalized spacial score (nSPS) is 19.5. The molecule has 2 rings (SSSR count). The monoisotopic (exact) mass is 308 g/mol. The minimum atomic E-state index is -0.524. The van der Waals surface area contributed by atoms with Crippen LogP contribution < -0.4 is 4.74 Å². The number of hydrogen-bond donors (Lipinski definition) is 0. The Morgan fingerprint density at radius 2 is 2.14 bits per heavy atom. The van der Waals surface area contributed by atoms with Gasteiger partial charge >= 0.3 is 0 Å². The molecule has 0 N–H and O–H groups in total. The van der Waals surface area contributed by atoms with Crippen molar-refractivity contribution in [2.75, 3.05) is 26.7 Å². The van der Waals surface area contributed by atoms with Gasteiger partial charge in [-0.3, -0.25) is 9.69 Å². The number of benzene rings is 1. The van der Waals surface area contributed by atoms with E-state index in [1.807, 2.05) is 0 Å². The predicted octanol–water partition coefficient (Wildman–Crippen LogP) is 2.78. The molecule has 1 atom stereocenters.